The molecule has 0 amide bonds. The largest absolute Gasteiger partial charge is 0.236 e. The molecule has 1 aromatic heterocycles. The molecule has 0 unspecified atom stereocenters. The van der Waals surface area contributed by atoms with Crippen LogP contribution in [0.1, 0.15) is 17.5 Å². The summed E-state index contributed by atoms with van der Waals surface area (Å²) in [5.41, 5.74) is 11.6. The van der Waals surface area contributed by atoms with Crippen LogP contribution in [0.2, 0.25) is 0 Å². The van der Waals surface area contributed by atoms with Gasteiger partial charge < -0.3 is 0 Å². The maximum absolute atomic E-state index is 5.32. The van der Waals surface area contributed by atoms with E-state index in [1.165, 1.54) is 65.2 Å². The Labute approximate surface area is 314 Å². The molecule has 1 heterocycles. The van der Waals surface area contributed by atoms with E-state index in [9.17, 15) is 0 Å². The highest BCUT2D eigenvalue weighted by Gasteiger charge is 2.18. The number of fused-ring (bicyclic) bond motifs is 4. The van der Waals surface area contributed by atoms with Crippen LogP contribution in [0.4, 0.5) is 5.82 Å². The van der Waals surface area contributed by atoms with Gasteiger partial charge in [-0.2, -0.15) is 0 Å². The fourth-order valence-electron chi connectivity index (χ4n) is 8.05. The summed E-state index contributed by atoms with van der Waals surface area (Å²) in [6.45, 7) is 2.13. The van der Waals surface area contributed by atoms with E-state index in [-0.39, 0.29) is 0 Å². The molecule has 1 aliphatic rings. The van der Waals surface area contributed by atoms with Crippen molar-refractivity contribution in [1.82, 2.24) is 4.98 Å². The zero-order valence-electron chi connectivity index (χ0n) is 30.0. The molecule has 8 aromatic carbocycles. The maximum Gasteiger partial charge on any atom is 0.155 e. The van der Waals surface area contributed by atoms with Gasteiger partial charge in [-0.1, -0.05) is 146 Å². The molecule has 0 atom stereocenters. The Morgan fingerprint density at radius 2 is 0.981 bits per heavy atom. The quantitative estimate of drug-likeness (QED) is 0.177. The van der Waals surface area contributed by atoms with Crippen LogP contribution in [0.15, 0.2) is 187 Å². The number of hydrogen-bond donors (Lipinski definition) is 0. The summed E-state index contributed by atoms with van der Waals surface area (Å²) in [6.07, 6.45) is 4.97. The number of nitrogens with zero attached hydrogens (tertiary/aromatic N) is 2. The summed E-state index contributed by atoms with van der Waals surface area (Å²) >= 11 is 0. The Balaban J connectivity index is 1.15. The molecule has 0 spiro atoms. The molecule has 9 aromatic rings. The number of hydrogen-bond acceptors (Lipinski definition) is 2. The van der Waals surface area contributed by atoms with Crippen molar-refractivity contribution in [2.24, 2.45) is 4.99 Å². The predicted octanol–water partition coefficient (Wildman–Crippen LogP) is 12.0. The minimum absolute atomic E-state index is 0.730. The smallest absolute Gasteiger partial charge is 0.155 e. The van der Waals surface area contributed by atoms with Gasteiger partial charge >= 0.3 is 0 Å². The summed E-state index contributed by atoms with van der Waals surface area (Å²) in [5.74, 6) is 0.772. The van der Waals surface area contributed by atoms with E-state index < -0.39 is 0 Å². The van der Waals surface area contributed by atoms with Crippen molar-refractivity contribution >= 4 is 55.5 Å². The zero-order chi connectivity index (χ0) is 36.0. The van der Waals surface area contributed by atoms with Crippen molar-refractivity contribution in [2.45, 2.75) is 13.3 Å². The highest BCUT2D eigenvalue weighted by molar-refractivity contribution is 6.26. The second-order valence-corrected chi connectivity index (χ2v) is 14.2. The van der Waals surface area contributed by atoms with Gasteiger partial charge in [-0.05, 0) is 120 Å². The lowest BCUT2D eigenvalue weighted by atomic mass is 9.88. The van der Waals surface area contributed by atoms with Gasteiger partial charge in [0.1, 0.15) is 0 Å². The molecule has 0 N–H and O–H groups in total. The lowest BCUT2D eigenvalue weighted by molar-refractivity contribution is 1.24. The molecule has 2 heteroatoms. The molecular formula is C52H36N2. The summed E-state index contributed by atoms with van der Waals surface area (Å²) in [5, 5.41) is 9.71. The molecule has 1 aliphatic carbocycles. The second kappa shape index (κ2) is 13.3. The first-order chi connectivity index (χ1) is 26.6. The van der Waals surface area contributed by atoms with Gasteiger partial charge in [0, 0.05) is 29.1 Å². The van der Waals surface area contributed by atoms with Crippen molar-refractivity contribution in [3.63, 3.8) is 0 Å². The molecule has 0 bridgehead atoms. The minimum atomic E-state index is 0.730. The second-order valence-electron chi connectivity index (χ2n) is 14.2. The Bertz CT molecular complexity index is 3000. The number of aryl methyl sites for hydroxylation is 1. The molecule has 0 radical (unpaired) electrons. The van der Waals surface area contributed by atoms with Gasteiger partial charge in [0.25, 0.3) is 0 Å². The van der Waals surface area contributed by atoms with E-state index >= 15 is 0 Å². The molecule has 0 fully saturated rings. The number of aromatic nitrogens is 1. The summed E-state index contributed by atoms with van der Waals surface area (Å²) in [7, 11) is 0. The van der Waals surface area contributed by atoms with Gasteiger partial charge in [0.15, 0.2) is 5.82 Å². The van der Waals surface area contributed by atoms with Gasteiger partial charge in [0.2, 0.25) is 0 Å². The molecule has 0 aliphatic heterocycles. The van der Waals surface area contributed by atoms with Crippen molar-refractivity contribution in [2.75, 3.05) is 0 Å². The van der Waals surface area contributed by atoms with Crippen molar-refractivity contribution in [1.29, 1.82) is 0 Å². The fraction of sp³-hybridized carbons (Fsp3) is 0.0385. The van der Waals surface area contributed by atoms with Gasteiger partial charge in [-0.15, -0.1) is 0 Å². The van der Waals surface area contributed by atoms with E-state index in [0.717, 1.165) is 45.6 Å². The highest BCUT2D eigenvalue weighted by atomic mass is 14.9. The summed E-state index contributed by atoms with van der Waals surface area (Å²) in [4.78, 5) is 10.2. The van der Waals surface area contributed by atoms with E-state index in [0.29, 0.717) is 0 Å². The first kappa shape index (κ1) is 31.8. The van der Waals surface area contributed by atoms with Gasteiger partial charge in [-0.3, -0.25) is 0 Å². The lowest BCUT2D eigenvalue weighted by Crippen LogP contribution is -2.33. The standard InChI is InChI=1S/C52H36N2/c1-34-48-19-8-7-16-44(48)33-53-52(34)54-50-26-25-37-13-6-9-20-49(37)51(50)43-18-10-17-40(29-43)45-30-46(41-23-21-35-11-2-4-14-38(35)27-41)32-47(31-45)42-24-22-36-12-3-5-15-39(36)28-42/h2-25,27-33H,26H2,1H3/b54-50+. The molecule has 254 valence electrons. The molecule has 2 nitrogen and oxygen atoms in total. The average Bonchev–Trinajstić information content (AvgIpc) is 3.24. The summed E-state index contributed by atoms with van der Waals surface area (Å²) < 4.78 is 0. The van der Waals surface area contributed by atoms with Crippen LogP contribution in [0.3, 0.4) is 0 Å². The average molecular weight is 689 g/mol. The van der Waals surface area contributed by atoms with Crippen molar-refractivity contribution < 1.29 is 0 Å². The predicted molar refractivity (Wildman–Crippen MR) is 229 cm³/mol. The Morgan fingerprint density at radius 1 is 0.444 bits per heavy atom. The van der Waals surface area contributed by atoms with E-state index in [1.807, 2.05) is 6.20 Å². The first-order valence-electron chi connectivity index (χ1n) is 18.6. The molecule has 54 heavy (non-hydrogen) atoms. The number of aliphatic imine (C=N–C) groups is 1. The molecule has 0 saturated carbocycles. The van der Waals surface area contributed by atoms with Crippen LogP contribution in [-0.4, -0.2) is 10.7 Å². The monoisotopic (exact) mass is 688 g/mol. The third-order valence-electron chi connectivity index (χ3n) is 10.9. The van der Waals surface area contributed by atoms with Crippen LogP contribution in [0.5, 0.6) is 0 Å². The van der Waals surface area contributed by atoms with Gasteiger partial charge in [-0.25, -0.2) is 9.98 Å². The normalized spacial score (nSPS) is 13.4. The van der Waals surface area contributed by atoms with Crippen LogP contribution in [0.25, 0.3) is 77.3 Å². The van der Waals surface area contributed by atoms with E-state index in [4.69, 9.17) is 9.98 Å². The number of benzene rings is 8. The van der Waals surface area contributed by atoms with Crippen LogP contribution < -0.4 is 10.4 Å². The van der Waals surface area contributed by atoms with Crippen molar-refractivity contribution in [3.8, 4) is 33.4 Å². The third-order valence-corrected chi connectivity index (χ3v) is 10.9. The Morgan fingerprint density at radius 3 is 1.67 bits per heavy atom. The highest BCUT2D eigenvalue weighted by Crippen LogP contribution is 2.36. The Hall–Kier alpha value is -6.90. The van der Waals surface area contributed by atoms with Crippen LogP contribution in [-0.2, 0) is 0 Å². The Kier molecular flexibility index (Phi) is 7.81. The van der Waals surface area contributed by atoms with Crippen LogP contribution in [0, 0.1) is 6.92 Å². The van der Waals surface area contributed by atoms with Gasteiger partial charge in [0.05, 0.1) is 5.71 Å². The van der Waals surface area contributed by atoms with E-state index in [1.54, 1.807) is 0 Å². The number of rotatable bonds is 5. The first-order valence-corrected chi connectivity index (χ1v) is 18.6. The molecule has 10 rings (SSSR count). The summed E-state index contributed by atoms with van der Waals surface area (Å²) in [6, 6.07) is 63.9. The van der Waals surface area contributed by atoms with Crippen LogP contribution >= 0.6 is 0 Å². The fourth-order valence-corrected chi connectivity index (χ4v) is 8.05. The minimum Gasteiger partial charge on any atom is -0.236 e. The van der Waals surface area contributed by atoms with E-state index in [2.05, 4.69) is 189 Å². The lowest BCUT2D eigenvalue weighted by Gasteiger charge is -2.17. The SMILES string of the molecule is Cc1c(/N=C2\CC=c3ccccc3=C2c2cccc(-c3cc(-c4ccc5ccccc5c4)cc(-c4ccc5ccccc5c4)c3)c2)ncc2ccccc12. The molecular weight excluding hydrogens is 653 g/mol. The number of pyridine rings is 1. The molecule has 0 saturated heterocycles. The zero-order valence-corrected chi connectivity index (χ0v) is 30.0. The third kappa shape index (κ3) is 5.79. The van der Waals surface area contributed by atoms with Crippen molar-refractivity contribution in [3.05, 3.63) is 204 Å². The topological polar surface area (TPSA) is 25.2 Å². The maximum atomic E-state index is 5.32.